The zero-order chi connectivity index (χ0) is 17.2. The van der Waals surface area contributed by atoms with Crippen molar-refractivity contribution >= 4 is 21.6 Å². The first-order valence-corrected chi connectivity index (χ1v) is 9.50. The summed E-state index contributed by atoms with van der Waals surface area (Å²) in [4.78, 5) is 6.55. The molecular weight excluding hydrogens is 380 g/mol. The molecule has 2 aromatic heterocycles. The molecule has 0 saturated carbocycles. The van der Waals surface area contributed by atoms with Gasteiger partial charge in [0, 0.05) is 16.2 Å². The van der Waals surface area contributed by atoms with Crippen molar-refractivity contribution in [1.82, 2.24) is 9.38 Å². The van der Waals surface area contributed by atoms with E-state index in [0.29, 0.717) is 0 Å². The number of nitrogens with two attached hydrogens (primary N) is 1. The van der Waals surface area contributed by atoms with E-state index in [1.807, 2.05) is 18.2 Å². The van der Waals surface area contributed by atoms with Crippen molar-refractivity contribution in [2.75, 3.05) is 33.3 Å². The van der Waals surface area contributed by atoms with Crippen LogP contribution in [-0.4, -0.2) is 42.7 Å². The number of fused-ring (bicyclic) bond motifs is 1. The molecule has 0 bridgehead atoms. The summed E-state index contributed by atoms with van der Waals surface area (Å²) >= 11 is 3.60. The van der Waals surface area contributed by atoms with Crippen LogP contribution in [0, 0.1) is 0 Å². The Kier molecular flexibility index (Phi) is 4.74. The maximum Gasteiger partial charge on any atom is 0.137 e. The molecule has 0 aliphatic carbocycles. The molecule has 6 heteroatoms. The molecule has 1 aliphatic heterocycles. The number of quaternary nitrogens is 2. The molecule has 0 spiro atoms. The van der Waals surface area contributed by atoms with Crippen LogP contribution in [0.5, 0.6) is 5.75 Å². The predicted octanol–water partition coefficient (Wildman–Crippen LogP) is 0.734. The number of aromatic nitrogens is 2. The van der Waals surface area contributed by atoms with Gasteiger partial charge in [-0.3, -0.25) is 4.40 Å². The van der Waals surface area contributed by atoms with E-state index in [-0.39, 0.29) is 0 Å². The smallest absolute Gasteiger partial charge is 0.137 e. The van der Waals surface area contributed by atoms with E-state index in [4.69, 9.17) is 9.72 Å². The summed E-state index contributed by atoms with van der Waals surface area (Å²) in [5.74, 6) is 0.863. The molecule has 4 rings (SSSR count). The summed E-state index contributed by atoms with van der Waals surface area (Å²) in [6.07, 6.45) is 2.12. The number of nitrogens with zero attached hydrogens (tertiary/aromatic N) is 2. The Bertz CT molecular complexity index is 886. The molecule has 1 aliphatic rings. The normalized spacial score (nSPS) is 15.6. The molecule has 0 atom stereocenters. The number of imidazole rings is 1. The largest absolute Gasteiger partial charge is 0.497 e. The molecule has 25 heavy (non-hydrogen) atoms. The van der Waals surface area contributed by atoms with Crippen LogP contribution in [0.2, 0.25) is 0 Å². The fraction of sp³-hybridized carbons (Fsp3) is 0.316. The first-order chi connectivity index (χ1) is 12.2. The third kappa shape index (κ3) is 3.42. The van der Waals surface area contributed by atoms with Crippen LogP contribution in [0.3, 0.4) is 0 Å². The Morgan fingerprint density at radius 3 is 2.88 bits per heavy atom. The molecule has 5 nitrogen and oxygen atoms in total. The number of ether oxygens (including phenoxy) is 1. The molecule has 0 unspecified atom stereocenters. The maximum absolute atomic E-state index is 5.41. The van der Waals surface area contributed by atoms with E-state index >= 15 is 0 Å². The summed E-state index contributed by atoms with van der Waals surface area (Å²) < 4.78 is 8.70. The number of hydrogen-bond donors (Lipinski definition) is 2. The van der Waals surface area contributed by atoms with Gasteiger partial charge in [-0.25, -0.2) is 4.98 Å². The number of methoxy groups -OCH3 is 1. The van der Waals surface area contributed by atoms with Gasteiger partial charge in [0.2, 0.25) is 0 Å². The van der Waals surface area contributed by atoms with Gasteiger partial charge in [0.05, 0.1) is 12.8 Å². The lowest BCUT2D eigenvalue weighted by atomic mass is 10.1. The van der Waals surface area contributed by atoms with Crippen molar-refractivity contribution in [3.63, 3.8) is 0 Å². The summed E-state index contributed by atoms with van der Waals surface area (Å²) in [6, 6.07) is 12.3. The highest BCUT2D eigenvalue weighted by atomic mass is 79.9. The van der Waals surface area contributed by atoms with Gasteiger partial charge in [0.25, 0.3) is 0 Å². The highest BCUT2D eigenvalue weighted by Crippen LogP contribution is 2.28. The Balaban J connectivity index is 1.82. The number of benzene rings is 1. The third-order valence-electron chi connectivity index (χ3n) is 4.85. The summed E-state index contributed by atoms with van der Waals surface area (Å²) in [6.45, 7) is 5.77. The molecule has 0 amide bonds. The maximum atomic E-state index is 5.41. The molecule has 130 valence electrons. The zero-order valence-electron chi connectivity index (χ0n) is 14.3. The van der Waals surface area contributed by atoms with Gasteiger partial charge >= 0.3 is 0 Å². The van der Waals surface area contributed by atoms with E-state index in [1.165, 1.54) is 31.9 Å². The third-order valence-corrected chi connectivity index (χ3v) is 5.32. The topological polar surface area (TPSA) is 47.6 Å². The number of pyridine rings is 1. The van der Waals surface area contributed by atoms with Gasteiger partial charge in [-0.05, 0) is 40.2 Å². The van der Waals surface area contributed by atoms with E-state index in [0.717, 1.165) is 33.7 Å². The van der Waals surface area contributed by atoms with Crippen LogP contribution < -0.4 is 15.0 Å². The van der Waals surface area contributed by atoms with E-state index in [9.17, 15) is 0 Å². The van der Waals surface area contributed by atoms with Gasteiger partial charge < -0.3 is 15.0 Å². The van der Waals surface area contributed by atoms with Crippen molar-refractivity contribution in [2.45, 2.75) is 6.54 Å². The number of halogens is 1. The Morgan fingerprint density at radius 1 is 1.24 bits per heavy atom. The Morgan fingerprint density at radius 2 is 2.08 bits per heavy atom. The fourth-order valence-electron chi connectivity index (χ4n) is 3.53. The van der Waals surface area contributed by atoms with Gasteiger partial charge in [0.1, 0.15) is 49.8 Å². The zero-order valence-corrected chi connectivity index (χ0v) is 15.9. The fourth-order valence-corrected chi connectivity index (χ4v) is 3.87. The molecule has 3 N–H and O–H groups in total. The second-order valence-electron chi connectivity index (χ2n) is 6.51. The van der Waals surface area contributed by atoms with Crippen molar-refractivity contribution in [3.05, 3.63) is 52.8 Å². The van der Waals surface area contributed by atoms with Crippen LogP contribution >= 0.6 is 15.9 Å². The molecule has 3 aromatic rings. The van der Waals surface area contributed by atoms with Gasteiger partial charge in [-0.15, -0.1) is 0 Å². The van der Waals surface area contributed by atoms with Crippen LogP contribution in [0.1, 0.15) is 5.69 Å². The van der Waals surface area contributed by atoms with Gasteiger partial charge in [-0.2, -0.15) is 0 Å². The van der Waals surface area contributed by atoms with Crippen LogP contribution in [0.4, 0.5) is 0 Å². The molecule has 0 radical (unpaired) electrons. The van der Waals surface area contributed by atoms with Gasteiger partial charge in [0.15, 0.2) is 0 Å². The average Bonchev–Trinajstić information content (AvgIpc) is 3.00. The summed E-state index contributed by atoms with van der Waals surface area (Å²) in [7, 11) is 1.70. The van der Waals surface area contributed by atoms with Crippen LogP contribution in [-0.2, 0) is 6.54 Å². The summed E-state index contributed by atoms with van der Waals surface area (Å²) in [5.41, 5.74) is 4.41. The predicted molar refractivity (Wildman–Crippen MR) is 101 cm³/mol. The van der Waals surface area contributed by atoms with Crippen LogP contribution in [0.25, 0.3) is 16.9 Å². The minimum atomic E-state index is 0.863. The molecular formula is C19H23BrN4O+2. The van der Waals surface area contributed by atoms with Crippen LogP contribution in [0.15, 0.2) is 47.1 Å². The van der Waals surface area contributed by atoms with Crippen molar-refractivity contribution in [3.8, 4) is 17.0 Å². The van der Waals surface area contributed by atoms with Gasteiger partial charge in [-0.1, -0.05) is 12.1 Å². The van der Waals surface area contributed by atoms with E-state index < -0.39 is 0 Å². The average molecular weight is 403 g/mol. The molecule has 1 saturated heterocycles. The number of piperazine rings is 1. The van der Waals surface area contributed by atoms with Crippen molar-refractivity contribution < 1.29 is 15.0 Å². The minimum Gasteiger partial charge on any atom is -0.497 e. The Labute approximate surface area is 155 Å². The highest BCUT2D eigenvalue weighted by Gasteiger charge is 2.22. The molecule has 3 heterocycles. The first kappa shape index (κ1) is 16.6. The minimum absolute atomic E-state index is 0.863. The number of hydrogen-bond acceptors (Lipinski definition) is 2. The molecule has 1 aromatic carbocycles. The quantitative estimate of drug-likeness (QED) is 0.675. The highest BCUT2D eigenvalue weighted by molar-refractivity contribution is 9.10. The number of rotatable bonds is 4. The second-order valence-corrected chi connectivity index (χ2v) is 7.42. The van der Waals surface area contributed by atoms with E-state index in [1.54, 1.807) is 12.0 Å². The van der Waals surface area contributed by atoms with Crippen molar-refractivity contribution in [1.29, 1.82) is 0 Å². The molecule has 1 fully saturated rings. The lowest BCUT2D eigenvalue weighted by Gasteiger charge is -2.22. The van der Waals surface area contributed by atoms with Crippen molar-refractivity contribution in [2.24, 2.45) is 0 Å². The SMILES string of the molecule is COc1cccc(-c2nc3ccc(Br)cn3c2C[NH+]2CC[NH2+]CC2)c1. The lowest BCUT2D eigenvalue weighted by molar-refractivity contribution is -0.958. The first-order valence-electron chi connectivity index (χ1n) is 8.71. The lowest BCUT2D eigenvalue weighted by Crippen LogP contribution is -3.19. The monoisotopic (exact) mass is 402 g/mol. The Hall–Kier alpha value is -1.89. The summed E-state index contributed by atoms with van der Waals surface area (Å²) in [5, 5.41) is 2.40. The second kappa shape index (κ2) is 7.15. The number of nitrogens with one attached hydrogen (secondary N) is 1. The standard InChI is InChI=1S/C19H21BrN4O/c1-25-16-4-2-3-14(11-16)19-17(13-23-9-7-21-8-10-23)24-12-15(20)5-6-18(24)22-19/h2-6,11-12,21H,7-10,13H2,1H3/p+2. The van der Waals surface area contributed by atoms with E-state index in [2.05, 4.69) is 50.0 Å².